The first kappa shape index (κ1) is 18.7. The molecule has 0 saturated carbocycles. The van der Waals surface area contributed by atoms with Crippen LogP contribution in [0.2, 0.25) is 0 Å². The summed E-state index contributed by atoms with van der Waals surface area (Å²) in [6.07, 6.45) is 1.23. The highest BCUT2D eigenvalue weighted by Gasteiger charge is 2.03. The molecule has 0 spiro atoms. The first-order valence-corrected chi connectivity index (χ1v) is 8.67. The fraction of sp³-hybridized carbons (Fsp3) is 0.545. The maximum Gasteiger partial charge on any atom is 0.191 e. The highest BCUT2D eigenvalue weighted by molar-refractivity contribution is 14.0. The van der Waals surface area contributed by atoms with Gasteiger partial charge in [-0.1, -0.05) is 6.07 Å². The number of halogens is 1. The number of sulfone groups is 1. The van der Waals surface area contributed by atoms with Crippen molar-refractivity contribution in [1.82, 2.24) is 10.6 Å². The number of hydrogen-bond acceptors (Lipinski definition) is 4. The number of aliphatic imine (C=N–C) groups is 1. The number of hydrogen-bond donors (Lipinski definition) is 2. The number of rotatable bonds is 6. The molecule has 0 amide bonds. The van der Waals surface area contributed by atoms with Gasteiger partial charge in [0.05, 0.1) is 12.3 Å². The third-order valence-electron chi connectivity index (χ3n) is 2.08. The van der Waals surface area contributed by atoms with E-state index in [0.29, 0.717) is 19.0 Å². The number of thiophene rings is 1. The van der Waals surface area contributed by atoms with Crippen molar-refractivity contribution in [2.45, 2.75) is 13.5 Å². The maximum atomic E-state index is 11.0. The molecule has 0 saturated heterocycles. The summed E-state index contributed by atoms with van der Waals surface area (Å²) in [5.74, 6) is 0.755. The van der Waals surface area contributed by atoms with E-state index in [1.807, 2.05) is 24.4 Å². The van der Waals surface area contributed by atoms with E-state index in [4.69, 9.17) is 0 Å². The molecule has 0 aromatic carbocycles. The van der Waals surface area contributed by atoms with Gasteiger partial charge in [-0.3, -0.25) is 0 Å². The molecule has 5 nitrogen and oxygen atoms in total. The quantitative estimate of drug-likeness (QED) is 0.418. The molecule has 1 aromatic rings. The molecule has 0 aliphatic rings. The minimum atomic E-state index is -2.94. The van der Waals surface area contributed by atoms with E-state index < -0.39 is 9.84 Å². The Hall–Kier alpha value is -0.350. The van der Waals surface area contributed by atoms with Crippen LogP contribution in [0.4, 0.5) is 0 Å². The molecule has 1 heterocycles. The summed E-state index contributed by atoms with van der Waals surface area (Å²) in [6, 6.07) is 4.01. The minimum Gasteiger partial charge on any atom is -0.357 e. The first-order valence-electron chi connectivity index (χ1n) is 5.73. The summed E-state index contributed by atoms with van der Waals surface area (Å²) in [5.41, 5.74) is 0. The zero-order valence-corrected chi connectivity index (χ0v) is 15.0. The molecule has 0 radical (unpaired) electrons. The van der Waals surface area contributed by atoms with Gasteiger partial charge < -0.3 is 10.6 Å². The number of nitrogens with one attached hydrogen (secondary N) is 2. The summed E-state index contributed by atoms with van der Waals surface area (Å²) in [6.45, 7) is 3.69. The van der Waals surface area contributed by atoms with Gasteiger partial charge in [0.25, 0.3) is 0 Å². The highest BCUT2D eigenvalue weighted by Crippen LogP contribution is 2.09. The average molecular weight is 417 g/mol. The Morgan fingerprint density at radius 2 is 2.16 bits per heavy atom. The van der Waals surface area contributed by atoms with Gasteiger partial charge >= 0.3 is 0 Å². The van der Waals surface area contributed by atoms with Crippen LogP contribution < -0.4 is 10.6 Å². The Kier molecular flexibility index (Phi) is 9.36. The standard InChI is InChI=1S/C11H19N3O2S2.HI/c1-3-12-11(13-6-8-18(2,15)16)14-9-10-5-4-7-17-10;/h4-5,7H,3,6,8-9H2,1-2H3,(H2,12,13,14);1H. The van der Waals surface area contributed by atoms with Crippen LogP contribution in [0.3, 0.4) is 0 Å². The van der Waals surface area contributed by atoms with Gasteiger partial charge in [-0.2, -0.15) is 0 Å². The molecule has 0 aliphatic heterocycles. The van der Waals surface area contributed by atoms with Crippen LogP contribution in [0.5, 0.6) is 0 Å². The van der Waals surface area contributed by atoms with Gasteiger partial charge in [-0.05, 0) is 18.4 Å². The fourth-order valence-electron chi connectivity index (χ4n) is 1.26. The van der Waals surface area contributed by atoms with Gasteiger partial charge in [0.15, 0.2) is 5.96 Å². The van der Waals surface area contributed by atoms with E-state index in [2.05, 4.69) is 15.6 Å². The Morgan fingerprint density at radius 1 is 1.42 bits per heavy atom. The van der Waals surface area contributed by atoms with Crippen LogP contribution in [0.15, 0.2) is 22.5 Å². The summed E-state index contributed by atoms with van der Waals surface area (Å²) < 4.78 is 22.0. The van der Waals surface area contributed by atoms with E-state index in [0.717, 1.165) is 6.54 Å². The predicted molar refractivity (Wildman–Crippen MR) is 92.3 cm³/mol. The lowest BCUT2D eigenvalue weighted by Gasteiger charge is -2.10. The van der Waals surface area contributed by atoms with Crippen LogP contribution >= 0.6 is 35.3 Å². The Balaban J connectivity index is 0.00000324. The van der Waals surface area contributed by atoms with Crippen molar-refractivity contribution in [2.75, 3.05) is 25.1 Å². The third kappa shape index (κ3) is 9.22. The summed E-state index contributed by atoms with van der Waals surface area (Å²) in [7, 11) is -2.94. The Labute approximate surface area is 135 Å². The van der Waals surface area contributed by atoms with Crippen LogP contribution in [-0.4, -0.2) is 39.5 Å². The Bertz CT molecular complexity index is 472. The van der Waals surface area contributed by atoms with Crippen LogP contribution in [0.1, 0.15) is 11.8 Å². The predicted octanol–water partition coefficient (Wildman–Crippen LogP) is 1.47. The van der Waals surface area contributed by atoms with Crippen LogP contribution in [-0.2, 0) is 16.4 Å². The van der Waals surface area contributed by atoms with Crippen molar-refractivity contribution in [3.05, 3.63) is 22.4 Å². The van der Waals surface area contributed by atoms with Crippen molar-refractivity contribution in [3.63, 3.8) is 0 Å². The van der Waals surface area contributed by atoms with E-state index in [-0.39, 0.29) is 29.7 Å². The lowest BCUT2D eigenvalue weighted by atomic mass is 10.5. The first-order chi connectivity index (χ1) is 8.51. The van der Waals surface area contributed by atoms with Crippen molar-refractivity contribution in [3.8, 4) is 0 Å². The lowest BCUT2D eigenvalue weighted by Crippen LogP contribution is -2.39. The number of nitrogens with zero attached hydrogens (tertiary/aromatic N) is 1. The molecular weight excluding hydrogens is 397 g/mol. The third-order valence-corrected chi connectivity index (χ3v) is 3.89. The number of guanidine groups is 1. The Morgan fingerprint density at radius 3 is 2.68 bits per heavy atom. The van der Waals surface area contributed by atoms with Crippen molar-refractivity contribution >= 4 is 51.1 Å². The van der Waals surface area contributed by atoms with Gasteiger partial charge in [0, 0.05) is 24.2 Å². The normalized spacial score (nSPS) is 11.8. The molecule has 1 aromatic heterocycles. The largest absolute Gasteiger partial charge is 0.357 e. The summed E-state index contributed by atoms with van der Waals surface area (Å²) in [5, 5.41) is 8.09. The van der Waals surface area contributed by atoms with Gasteiger partial charge in [0.2, 0.25) is 0 Å². The zero-order valence-electron chi connectivity index (χ0n) is 11.0. The molecule has 2 N–H and O–H groups in total. The smallest absolute Gasteiger partial charge is 0.191 e. The topological polar surface area (TPSA) is 70.6 Å². The fourth-order valence-corrected chi connectivity index (χ4v) is 2.36. The molecule has 0 fully saturated rings. The molecular formula is C11H20IN3O2S2. The molecule has 8 heteroatoms. The average Bonchev–Trinajstić information content (AvgIpc) is 2.77. The summed E-state index contributed by atoms with van der Waals surface area (Å²) >= 11 is 1.65. The van der Waals surface area contributed by atoms with Gasteiger partial charge in [0.1, 0.15) is 9.84 Å². The van der Waals surface area contributed by atoms with Gasteiger partial charge in [-0.25, -0.2) is 13.4 Å². The minimum absolute atomic E-state index is 0. The summed E-state index contributed by atoms with van der Waals surface area (Å²) in [4.78, 5) is 5.56. The van der Waals surface area contributed by atoms with E-state index in [9.17, 15) is 8.42 Å². The molecule has 19 heavy (non-hydrogen) atoms. The van der Waals surface area contributed by atoms with Gasteiger partial charge in [-0.15, -0.1) is 35.3 Å². The van der Waals surface area contributed by atoms with E-state index in [1.54, 1.807) is 11.3 Å². The molecule has 0 unspecified atom stereocenters. The van der Waals surface area contributed by atoms with E-state index in [1.165, 1.54) is 11.1 Å². The van der Waals surface area contributed by atoms with Crippen molar-refractivity contribution in [1.29, 1.82) is 0 Å². The molecule has 0 aliphatic carbocycles. The second-order valence-corrected chi connectivity index (χ2v) is 7.12. The molecule has 0 bridgehead atoms. The van der Waals surface area contributed by atoms with Crippen LogP contribution in [0, 0.1) is 0 Å². The second-order valence-electron chi connectivity index (χ2n) is 3.83. The highest BCUT2D eigenvalue weighted by atomic mass is 127. The zero-order chi connectivity index (χ0) is 13.4. The monoisotopic (exact) mass is 417 g/mol. The second kappa shape index (κ2) is 9.54. The maximum absolute atomic E-state index is 11.0. The SMILES string of the molecule is CCNC(=NCc1cccs1)NCCS(C)(=O)=O.I. The molecule has 110 valence electrons. The molecule has 1 rings (SSSR count). The lowest BCUT2D eigenvalue weighted by molar-refractivity contribution is 0.600. The van der Waals surface area contributed by atoms with Crippen LogP contribution in [0.25, 0.3) is 0 Å². The van der Waals surface area contributed by atoms with Crippen molar-refractivity contribution < 1.29 is 8.42 Å². The van der Waals surface area contributed by atoms with Crippen molar-refractivity contribution in [2.24, 2.45) is 4.99 Å². The van der Waals surface area contributed by atoms with E-state index >= 15 is 0 Å². The molecule has 0 atom stereocenters.